The van der Waals surface area contributed by atoms with E-state index in [1.165, 1.54) is 17.7 Å². The fourth-order valence-electron chi connectivity index (χ4n) is 3.62. The van der Waals surface area contributed by atoms with E-state index in [-0.39, 0.29) is 23.8 Å². The number of hydrogen-bond donors (Lipinski definition) is 1. The molecule has 0 spiro atoms. The van der Waals surface area contributed by atoms with Crippen molar-refractivity contribution in [1.82, 2.24) is 10.2 Å². The summed E-state index contributed by atoms with van der Waals surface area (Å²) in [6, 6.07) is 4.37. The van der Waals surface area contributed by atoms with Crippen molar-refractivity contribution in [3.63, 3.8) is 0 Å². The van der Waals surface area contributed by atoms with Crippen molar-refractivity contribution in [2.45, 2.75) is 57.4 Å². The Morgan fingerprint density at radius 1 is 1.17 bits per heavy atom. The lowest BCUT2D eigenvalue weighted by Gasteiger charge is -2.33. The highest BCUT2D eigenvalue weighted by molar-refractivity contribution is 7.09. The van der Waals surface area contributed by atoms with Crippen molar-refractivity contribution in [2.75, 3.05) is 13.1 Å². The zero-order valence-corrected chi connectivity index (χ0v) is 14.4. The van der Waals surface area contributed by atoms with Gasteiger partial charge in [-0.15, -0.1) is 11.3 Å². The van der Waals surface area contributed by atoms with Crippen molar-refractivity contribution < 1.29 is 9.59 Å². The number of nitrogens with one attached hydrogen (secondary N) is 1. The third-order valence-corrected chi connectivity index (χ3v) is 6.02. The number of likely N-dealkylation sites (tertiary alicyclic amines) is 1. The molecule has 1 aliphatic carbocycles. The predicted molar refractivity (Wildman–Crippen MR) is 92.3 cm³/mol. The van der Waals surface area contributed by atoms with Crippen LogP contribution in [0.3, 0.4) is 0 Å². The number of carbonyl (C=O) groups excluding carboxylic acids is 2. The van der Waals surface area contributed by atoms with Gasteiger partial charge in [0, 0.05) is 36.3 Å². The Kier molecular flexibility index (Phi) is 5.70. The van der Waals surface area contributed by atoms with Gasteiger partial charge < -0.3 is 10.2 Å². The molecule has 126 valence electrons. The average molecular weight is 334 g/mol. The Morgan fingerprint density at radius 3 is 2.57 bits per heavy atom. The van der Waals surface area contributed by atoms with Gasteiger partial charge in [-0.3, -0.25) is 9.59 Å². The van der Waals surface area contributed by atoms with Gasteiger partial charge in [-0.2, -0.15) is 0 Å². The lowest BCUT2D eigenvalue weighted by molar-refractivity contribution is -0.132. The molecule has 0 radical (unpaired) electrons. The zero-order chi connectivity index (χ0) is 16.1. The summed E-state index contributed by atoms with van der Waals surface area (Å²) >= 11 is 1.71. The van der Waals surface area contributed by atoms with Crippen molar-refractivity contribution in [2.24, 2.45) is 5.92 Å². The summed E-state index contributed by atoms with van der Waals surface area (Å²) in [5.41, 5.74) is 0. The first-order chi connectivity index (χ1) is 11.2. The van der Waals surface area contributed by atoms with Crippen LogP contribution < -0.4 is 5.32 Å². The topological polar surface area (TPSA) is 49.4 Å². The lowest BCUT2D eigenvalue weighted by atomic mass is 10.0. The first-order valence-electron chi connectivity index (χ1n) is 8.83. The molecule has 1 aliphatic heterocycles. The third kappa shape index (κ3) is 4.56. The van der Waals surface area contributed by atoms with Gasteiger partial charge in [-0.1, -0.05) is 18.9 Å². The summed E-state index contributed by atoms with van der Waals surface area (Å²) in [5, 5.41) is 5.25. The number of carbonyl (C=O) groups is 2. The monoisotopic (exact) mass is 334 g/mol. The van der Waals surface area contributed by atoms with Gasteiger partial charge in [0.2, 0.25) is 11.8 Å². The average Bonchev–Trinajstić information content (AvgIpc) is 3.26. The molecule has 2 heterocycles. The number of thiophene rings is 1. The molecule has 23 heavy (non-hydrogen) atoms. The Morgan fingerprint density at radius 2 is 1.91 bits per heavy atom. The number of amides is 2. The SMILES string of the molecule is O=C(NC1CCN(C(=O)CCc2cccs2)CC1)C1CCCC1. The van der Waals surface area contributed by atoms with Crippen LogP contribution in [0.4, 0.5) is 0 Å². The van der Waals surface area contributed by atoms with Crippen LogP contribution in [0, 0.1) is 5.92 Å². The lowest BCUT2D eigenvalue weighted by Crippen LogP contribution is -2.47. The quantitative estimate of drug-likeness (QED) is 0.900. The van der Waals surface area contributed by atoms with Crippen molar-refractivity contribution >= 4 is 23.2 Å². The van der Waals surface area contributed by atoms with Crippen LogP contribution in [-0.2, 0) is 16.0 Å². The van der Waals surface area contributed by atoms with Crippen molar-refractivity contribution in [3.05, 3.63) is 22.4 Å². The Hall–Kier alpha value is -1.36. The predicted octanol–water partition coefficient (Wildman–Crippen LogP) is 2.98. The normalized spacial score (nSPS) is 19.9. The molecule has 2 aliphatic rings. The molecule has 2 amide bonds. The van der Waals surface area contributed by atoms with Gasteiger partial charge in [-0.05, 0) is 43.6 Å². The van der Waals surface area contributed by atoms with Gasteiger partial charge in [-0.25, -0.2) is 0 Å². The van der Waals surface area contributed by atoms with Crippen LogP contribution >= 0.6 is 11.3 Å². The largest absolute Gasteiger partial charge is 0.353 e. The van der Waals surface area contributed by atoms with E-state index in [1.54, 1.807) is 11.3 Å². The standard InChI is InChI=1S/C18H26N2O2S/c21-17(8-7-16-6-3-13-23-16)20-11-9-15(10-12-20)19-18(22)14-4-1-2-5-14/h3,6,13-15H,1-2,4-5,7-12H2,(H,19,22). The van der Waals surface area contributed by atoms with Gasteiger partial charge in [0.25, 0.3) is 0 Å². The van der Waals surface area contributed by atoms with E-state index in [1.807, 2.05) is 11.0 Å². The molecule has 1 saturated heterocycles. The second kappa shape index (κ2) is 7.95. The second-order valence-corrected chi connectivity index (χ2v) is 7.76. The van der Waals surface area contributed by atoms with Crippen LogP contribution in [0.5, 0.6) is 0 Å². The minimum absolute atomic E-state index is 0.237. The summed E-state index contributed by atoms with van der Waals surface area (Å²) in [4.78, 5) is 27.7. The fraction of sp³-hybridized carbons (Fsp3) is 0.667. The van der Waals surface area contributed by atoms with Crippen molar-refractivity contribution in [1.29, 1.82) is 0 Å². The number of piperidine rings is 1. The number of hydrogen-bond acceptors (Lipinski definition) is 3. The summed E-state index contributed by atoms with van der Waals surface area (Å²) in [6.45, 7) is 1.55. The van der Waals surface area contributed by atoms with E-state index < -0.39 is 0 Å². The maximum absolute atomic E-state index is 12.3. The molecule has 1 saturated carbocycles. The van der Waals surface area contributed by atoms with Gasteiger partial charge in [0.1, 0.15) is 0 Å². The highest BCUT2D eigenvalue weighted by Crippen LogP contribution is 2.25. The Bertz CT molecular complexity index is 515. The van der Waals surface area contributed by atoms with E-state index in [4.69, 9.17) is 0 Å². The first-order valence-corrected chi connectivity index (χ1v) is 9.71. The van der Waals surface area contributed by atoms with Crippen LogP contribution in [0.2, 0.25) is 0 Å². The van der Waals surface area contributed by atoms with E-state index in [2.05, 4.69) is 16.8 Å². The molecule has 0 bridgehead atoms. The van der Waals surface area contributed by atoms with Crippen LogP contribution in [-0.4, -0.2) is 35.8 Å². The number of nitrogens with zero attached hydrogens (tertiary/aromatic N) is 1. The molecule has 2 fully saturated rings. The van der Waals surface area contributed by atoms with E-state index in [9.17, 15) is 9.59 Å². The third-order valence-electron chi connectivity index (χ3n) is 5.09. The Labute approximate surface area is 142 Å². The molecular formula is C18H26N2O2S. The molecule has 0 atom stereocenters. The van der Waals surface area contributed by atoms with Gasteiger partial charge >= 0.3 is 0 Å². The zero-order valence-electron chi connectivity index (χ0n) is 13.6. The first kappa shape index (κ1) is 16.5. The van der Waals surface area contributed by atoms with Crippen LogP contribution in [0.1, 0.15) is 49.8 Å². The van der Waals surface area contributed by atoms with Crippen LogP contribution in [0.25, 0.3) is 0 Å². The molecule has 1 aromatic heterocycles. The molecular weight excluding hydrogens is 308 g/mol. The molecule has 0 unspecified atom stereocenters. The van der Waals surface area contributed by atoms with Crippen LogP contribution in [0.15, 0.2) is 17.5 Å². The smallest absolute Gasteiger partial charge is 0.223 e. The second-order valence-electron chi connectivity index (χ2n) is 6.72. The molecule has 5 heteroatoms. The molecule has 3 rings (SSSR count). The van der Waals surface area contributed by atoms with Gasteiger partial charge in [0.05, 0.1) is 0 Å². The highest BCUT2D eigenvalue weighted by Gasteiger charge is 2.27. The Balaban J connectivity index is 1.37. The number of rotatable bonds is 5. The number of aryl methyl sites for hydroxylation is 1. The molecule has 1 aromatic rings. The summed E-state index contributed by atoms with van der Waals surface area (Å²) in [6.07, 6.45) is 7.70. The van der Waals surface area contributed by atoms with Crippen molar-refractivity contribution in [3.8, 4) is 0 Å². The molecule has 0 aromatic carbocycles. The van der Waals surface area contributed by atoms with E-state index >= 15 is 0 Å². The summed E-state index contributed by atoms with van der Waals surface area (Å²) in [7, 11) is 0. The minimum Gasteiger partial charge on any atom is -0.353 e. The van der Waals surface area contributed by atoms with E-state index in [0.717, 1.165) is 45.2 Å². The summed E-state index contributed by atoms with van der Waals surface area (Å²) in [5.74, 6) is 0.726. The van der Waals surface area contributed by atoms with E-state index in [0.29, 0.717) is 6.42 Å². The maximum atomic E-state index is 12.3. The fourth-order valence-corrected chi connectivity index (χ4v) is 4.33. The maximum Gasteiger partial charge on any atom is 0.223 e. The minimum atomic E-state index is 0.237. The van der Waals surface area contributed by atoms with Gasteiger partial charge in [0.15, 0.2) is 0 Å². The highest BCUT2D eigenvalue weighted by atomic mass is 32.1. The molecule has 4 nitrogen and oxygen atoms in total. The summed E-state index contributed by atoms with van der Waals surface area (Å²) < 4.78 is 0. The molecule has 1 N–H and O–H groups in total.